The molecule has 0 amide bonds. The summed E-state index contributed by atoms with van der Waals surface area (Å²) in [5.74, 6) is 1.24. The van der Waals surface area contributed by atoms with Gasteiger partial charge in [-0.3, -0.25) is 0 Å². The average Bonchev–Trinajstić information content (AvgIpc) is 2.59. The molecule has 0 fully saturated rings. The lowest BCUT2D eigenvalue weighted by Gasteiger charge is -2.14. The number of guanidine groups is 1. The molecule has 1 aromatic rings. The van der Waals surface area contributed by atoms with Gasteiger partial charge in [0.25, 0.3) is 0 Å². The molecule has 0 radical (unpaired) electrons. The van der Waals surface area contributed by atoms with Crippen LogP contribution in [-0.2, 0) is 11.3 Å². The normalized spacial score (nSPS) is 11.3. The number of nitrogens with one attached hydrogen (secondary N) is 2. The Morgan fingerprint density at radius 2 is 1.96 bits per heavy atom. The predicted octanol–water partition coefficient (Wildman–Crippen LogP) is 3.78. The number of benzene rings is 1. The third-order valence-electron chi connectivity index (χ3n) is 3.30. The lowest BCUT2D eigenvalue weighted by molar-refractivity contribution is -0.0504. The molecule has 0 aromatic heterocycles. The van der Waals surface area contributed by atoms with Gasteiger partial charge in [0.05, 0.1) is 19.8 Å². The third-order valence-corrected chi connectivity index (χ3v) is 3.30. The van der Waals surface area contributed by atoms with Crippen LogP contribution in [0.4, 0.5) is 8.78 Å². The van der Waals surface area contributed by atoms with Crippen molar-refractivity contribution in [3.63, 3.8) is 0 Å². The van der Waals surface area contributed by atoms with Gasteiger partial charge in [0, 0.05) is 25.3 Å². The van der Waals surface area contributed by atoms with Gasteiger partial charge in [-0.05, 0) is 45.4 Å². The van der Waals surface area contributed by atoms with Crippen molar-refractivity contribution < 1.29 is 23.0 Å². The molecular weight excluding hydrogens is 471 g/mol. The van der Waals surface area contributed by atoms with E-state index in [1.165, 1.54) is 13.2 Å². The number of aliphatic imine (C=N–C) groups is 1. The number of rotatable bonds is 11. The van der Waals surface area contributed by atoms with Crippen LogP contribution in [0.25, 0.3) is 0 Å². The van der Waals surface area contributed by atoms with E-state index < -0.39 is 6.61 Å². The molecule has 1 aromatic carbocycles. The Kier molecular flexibility index (Phi) is 13.9. The zero-order valence-corrected chi connectivity index (χ0v) is 18.6. The first-order valence-electron chi connectivity index (χ1n) is 8.71. The summed E-state index contributed by atoms with van der Waals surface area (Å²) >= 11 is 0. The number of halogens is 3. The Balaban J connectivity index is 0.00000676. The second-order valence-corrected chi connectivity index (χ2v) is 5.75. The average molecular weight is 501 g/mol. The number of hydrogen-bond acceptors (Lipinski definition) is 4. The molecule has 156 valence electrons. The summed E-state index contributed by atoms with van der Waals surface area (Å²) in [5.41, 5.74) is 0.519. The van der Waals surface area contributed by atoms with E-state index >= 15 is 0 Å². The Hall–Kier alpha value is -1.36. The molecule has 0 aliphatic heterocycles. The highest BCUT2D eigenvalue weighted by Gasteiger charge is 2.11. The highest BCUT2D eigenvalue weighted by atomic mass is 127. The van der Waals surface area contributed by atoms with Gasteiger partial charge in [0.1, 0.15) is 11.5 Å². The molecule has 0 aliphatic rings. The van der Waals surface area contributed by atoms with Crippen molar-refractivity contribution in [1.82, 2.24) is 10.6 Å². The molecule has 0 saturated carbocycles. The highest BCUT2D eigenvalue weighted by Crippen LogP contribution is 2.26. The number of ether oxygens (including phenoxy) is 3. The zero-order valence-electron chi connectivity index (χ0n) is 16.3. The van der Waals surface area contributed by atoms with Crippen LogP contribution in [0.15, 0.2) is 23.2 Å². The molecule has 6 nitrogen and oxygen atoms in total. The van der Waals surface area contributed by atoms with E-state index in [2.05, 4.69) is 20.4 Å². The summed E-state index contributed by atoms with van der Waals surface area (Å²) in [4.78, 5) is 4.43. The third kappa shape index (κ3) is 11.2. The summed E-state index contributed by atoms with van der Waals surface area (Å²) in [5, 5.41) is 6.31. The molecule has 0 aliphatic carbocycles. The SMILES string of the molecule is CCNC(=NCc1cc(OC)ccc1OC(F)F)NCCCOC(C)C.I. The van der Waals surface area contributed by atoms with E-state index in [4.69, 9.17) is 9.47 Å². The fourth-order valence-electron chi connectivity index (χ4n) is 2.12. The van der Waals surface area contributed by atoms with Crippen molar-refractivity contribution in [2.45, 2.75) is 46.5 Å². The Morgan fingerprint density at radius 1 is 1.22 bits per heavy atom. The van der Waals surface area contributed by atoms with Crippen LogP contribution in [0.2, 0.25) is 0 Å². The van der Waals surface area contributed by atoms with Crippen LogP contribution in [0, 0.1) is 0 Å². The summed E-state index contributed by atoms with van der Waals surface area (Å²) < 4.78 is 40.3. The van der Waals surface area contributed by atoms with Crippen LogP contribution in [0.1, 0.15) is 32.8 Å². The lowest BCUT2D eigenvalue weighted by atomic mass is 10.2. The molecule has 9 heteroatoms. The van der Waals surface area contributed by atoms with Crippen LogP contribution >= 0.6 is 24.0 Å². The molecule has 1 rings (SSSR count). The monoisotopic (exact) mass is 501 g/mol. The minimum atomic E-state index is -2.89. The molecule has 0 atom stereocenters. The van der Waals surface area contributed by atoms with Gasteiger partial charge in [-0.1, -0.05) is 0 Å². The van der Waals surface area contributed by atoms with Gasteiger partial charge in [0.2, 0.25) is 0 Å². The Labute approximate surface area is 177 Å². The quantitative estimate of drug-likeness (QED) is 0.209. The maximum absolute atomic E-state index is 12.6. The fraction of sp³-hybridized carbons (Fsp3) is 0.611. The molecule has 0 bridgehead atoms. The van der Waals surface area contributed by atoms with Crippen molar-refractivity contribution >= 4 is 29.9 Å². The van der Waals surface area contributed by atoms with Crippen molar-refractivity contribution in [3.05, 3.63) is 23.8 Å². The molecule has 2 N–H and O–H groups in total. The summed E-state index contributed by atoms with van der Waals surface area (Å²) in [7, 11) is 1.51. The minimum Gasteiger partial charge on any atom is -0.497 e. The summed E-state index contributed by atoms with van der Waals surface area (Å²) in [6, 6.07) is 4.67. The first kappa shape index (κ1) is 25.6. The first-order chi connectivity index (χ1) is 12.5. The van der Waals surface area contributed by atoms with Crippen LogP contribution in [0.3, 0.4) is 0 Å². The number of alkyl halides is 2. The van der Waals surface area contributed by atoms with E-state index in [0.29, 0.717) is 37.0 Å². The summed E-state index contributed by atoms with van der Waals surface area (Å²) in [6.07, 6.45) is 1.04. The van der Waals surface area contributed by atoms with Gasteiger partial charge in [-0.15, -0.1) is 24.0 Å². The molecular formula is C18H30F2IN3O3. The molecule has 27 heavy (non-hydrogen) atoms. The summed E-state index contributed by atoms with van der Waals surface area (Å²) in [6.45, 7) is 5.26. The number of nitrogens with zero attached hydrogens (tertiary/aromatic N) is 1. The van der Waals surface area contributed by atoms with E-state index in [1.54, 1.807) is 12.1 Å². The number of methoxy groups -OCH3 is 1. The topological polar surface area (TPSA) is 64.1 Å². The second kappa shape index (κ2) is 14.7. The highest BCUT2D eigenvalue weighted by molar-refractivity contribution is 14.0. The molecule has 0 spiro atoms. The number of hydrogen-bond donors (Lipinski definition) is 2. The van der Waals surface area contributed by atoms with Gasteiger partial charge in [-0.2, -0.15) is 8.78 Å². The van der Waals surface area contributed by atoms with Crippen molar-refractivity contribution in [1.29, 1.82) is 0 Å². The van der Waals surface area contributed by atoms with Crippen molar-refractivity contribution in [2.75, 3.05) is 26.8 Å². The fourth-order valence-corrected chi connectivity index (χ4v) is 2.12. The van der Waals surface area contributed by atoms with E-state index in [1.807, 2.05) is 20.8 Å². The maximum Gasteiger partial charge on any atom is 0.387 e. The minimum absolute atomic E-state index is 0. The molecule has 0 saturated heterocycles. The predicted molar refractivity (Wildman–Crippen MR) is 114 cm³/mol. The van der Waals surface area contributed by atoms with Gasteiger partial charge in [0.15, 0.2) is 5.96 Å². The Morgan fingerprint density at radius 3 is 2.56 bits per heavy atom. The van der Waals surface area contributed by atoms with E-state index in [0.717, 1.165) is 6.42 Å². The second-order valence-electron chi connectivity index (χ2n) is 5.75. The zero-order chi connectivity index (χ0) is 19.4. The van der Waals surface area contributed by atoms with Crippen molar-refractivity contribution in [3.8, 4) is 11.5 Å². The standard InChI is InChI=1S/C18H29F2N3O3.HI/c1-5-21-18(22-9-6-10-25-13(2)3)23-12-14-11-15(24-4)7-8-16(14)26-17(19)20;/h7-8,11,13,17H,5-6,9-10,12H2,1-4H3,(H2,21,22,23);1H. The molecule has 0 unspecified atom stereocenters. The van der Waals surface area contributed by atoms with Gasteiger partial charge >= 0.3 is 6.61 Å². The smallest absolute Gasteiger partial charge is 0.387 e. The first-order valence-corrected chi connectivity index (χ1v) is 8.71. The van der Waals surface area contributed by atoms with E-state index in [9.17, 15) is 8.78 Å². The van der Waals surface area contributed by atoms with E-state index in [-0.39, 0.29) is 42.4 Å². The lowest BCUT2D eigenvalue weighted by Crippen LogP contribution is -2.38. The Bertz CT molecular complexity index is 561. The van der Waals surface area contributed by atoms with Crippen LogP contribution in [0.5, 0.6) is 11.5 Å². The maximum atomic E-state index is 12.6. The molecule has 0 heterocycles. The van der Waals surface area contributed by atoms with Crippen LogP contribution in [-0.4, -0.2) is 45.5 Å². The van der Waals surface area contributed by atoms with Gasteiger partial charge < -0.3 is 24.8 Å². The van der Waals surface area contributed by atoms with Crippen LogP contribution < -0.4 is 20.1 Å². The van der Waals surface area contributed by atoms with Gasteiger partial charge in [-0.25, -0.2) is 4.99 Å². The van der Waals surface area contributed by atoms with Crippen molar-refractivity contribution in [2.24, 2.45) is 4.99 Å². The largest absolute Gasteiger partial charge is 0.497 e.